The van der Waals surface area contributed by atoms with Crippen molar-refractivity contribution in [3.8, 4) is 0 Å². The Morgan fingerprint density at radius 1 is 1.24 bits per heavy atom. The van der Waals surface area contributed by atoms with Crippen LogP contribution in [-0.2, 0) is 11.2 Å². The van der Waals surface area contributed by atoms with Crippen LogP contribution in [0.4, 0.5) is 10.5 Å². The minimum absolute atomic E-state index is 0.173. The number of aryl methyl sites for hydroxylation is 1. The van der Waals surface area contributed by atoms with E-state index in [2.05, 4.69) is 33.0 Å². The van der Waals surface area contributed by atoms with Crippen LogP contribution < -0.4 is 4.90 Å². The largest absolute Gasteiger partial charge is 0.444 e. The Bertz CT molecular complexity index is 698. The normalized spacial score (nSPS) is 25.3. The van der Waals surface area contributed by atoms with Gasteiger partial charge < -0.3 is 14.5 Å². The van der Waals surface area contributed by atoms with Crippen LogP contribution >= 0.6 is 15.9 Å². The molecule has 136 valence electrons. The molecule has 0 aromatic heterocycles. The van der Waals surface area contributed by atoms with Gasteiger partial charge in [0.1, 0.15) is 5.60 Å². The fraction of sp³-hybridized carbons (Fsp3) is 0.650. The summed E-state index contributed by atoms with van der Waals surface area (Å²) in [5.74, 6) is 0.394. The fourth-order valence-corrected chi connectivity index (χ4v) is 5.18. The Labute approximate surface area is 158 Å². The average molecular weight is 407 g/mol. The summed E-state index contributed by atoms with van der Waals surface area (Å²) in [6.07, 6.45) is 4.53. The van der Waals surface area contributed by atoms with E-state index in [1.807, 2.05) is 25.7 Å². The summed E-state index contributed by atoms with van der Waals surface area (Å²) < 4.78 is 6.78. The fourth-order valence-electron chi connectivity index (χ4n) is 4.65. The molecule has 1 fully saturated rings. The van der Waals surface area contributed by atoms with Gasteiger partial charge >= 0.3 is 6.09 Å². The van der Waals surface area contributed by atoms with E-state index in [4.69, 9.17) is 4.74 Å². The molecule has 1 aromatic rings. The maximum absolute atomic E-state index is 12.5. The Morgan fingerprint density at radius 2 is 2.04 bits per heavy atom. The molecule has 25 heavy (non-hydrogen) atoms. The molecule has 5 heteroatoms. The molecule has 2 unspecified atom stereocenters. The van der Waals surface area contributed by atoms with Crippen molar-refractivity contribution in [3.05, 3.63) is 27.7 Å². The smallest absolute Gasteiger partial charge is 0.410 e. The molecular weight excluding hydrogens is 380 g/mol. The van der Waals surface area contributed by atoms with Crippen molar-refractivity contribution in [1.29, 1.82) is 0 Å². The number of halogens is 1. The SMILES string of the molecule is CC(C)(C)OC(=O)N1CCC2C(C1)c1cc(Br)cc3c1N2CCCC3. The summed E-state index contributed by atoms with van der Waals surface area (Å²) in [6.45, 7) is 8.49. The molecule has 1 amide bonds. The molecule has 0 bridgehead atoms. The second-order valence-electron chi connectivity index (χ2n) is 8.54. The van der Waals surface area contributed by atoms with E-state index in [0.717, 1.165) is 36.9 Å². The number of fused-ring (bicyclic) bond motifs is 3. The van der Waals surface area contributed by atoms with Gasteiger partial charge in [-0.15, -0.1) is 0 Å². The zero-order valence-electron chi connectivity index (χ0n) is 15.3. The highest BCUT2D eigenvalue weighted by Gasteiger charge is 2.44. The molecular formula is C20H27BrN2O2. The highest BCUT2D eigenvalue weighted by atomic mass is 79.9. The minimum atomic E-state index is -0.440. The monoisotopic (exact) mass is 406 g/mol. The second kappa shape index (κ2) is 6.19. The van der Waals surface area contributed by atoms with Crippen molar-refractivity contribution in [2.24, 2.45) is 0 Å². The second-order valence-corrected chi connectivity index (χ2v) is 9.46. The number of ether oxygens (including phenoxy) is 1. The number of hydrogen-bond acceptors (Lipinski definition) is 3. The van der Waals surface area contributed by atoms with E-state index >= 15 is 0 Å². The Kier molecular flexibility index (Phi) is 4.25. The van der Waals surface area contributed by atoms with Gasteiger partial charge in [0.05, 0.1) is 0 Å². The molecule has 0 spiro atoms. The first-order chi connectivity index (χ1) is 11.8. The van der Waals surface area contributed by atoms with E-state index in [-0.39, 0.29) is 6.09 Å². The lowest BCUT2D eigenvalue weighted by atomic mass is 9.88. The molecule has 3 aliphatic heterocycles. The zero-order chi connectivity index (χ0) is 17.8. The molecule has 4 rings (SSSR count). The van der Waals surface area contributed by atoms with Gasteiger partial charge in [0.2, 0.25) is 0 Å². The molecule has 0 radical (unpaired) electrons. The lowest BCUT2D eigenvalue weighted by Crippen LogP contribution is -2.49. The van der Waals surface area contributed by atoms with Crippen LogP contribution in [0.15, 0.2) is 16.6 Å². The molecule has 0 saturated carbocycles. The standard InChI is InChI=1S/C20H27BrN2O2/c1-20(2,3)25-19(24)22-9-7-17-16(12-22)15-11-14(21)10-13-6-4-5-8-23(17)18(13)15/h10-11,16-17H,4-9,12H2,1-3H3. The summed E-state index contributed by atoms with van der Waals surface area (Å²) in [7, 11) is 0. The maximum Gasteiger partial charge on any atom is 0.410 e. The van der Waals surface area contributed by atoms with Gasteiger partial charge in [0, 0.05) is 41.8 Å². The predicted molar refractivity (Wildman–Crippen MR) is 103 cm³/mol. The lowest BCUT2D eigenvalue weighted by Gasteiger charge is -2.39. The highest BCUT2D eigenvalue weighted by molar-refractivity contribution is 9.10. The van der Waals surface area contributed by atoms with Crippen molar-refractivity contribution in [1.82, 2.24) is 4.90 Å². The molecule has 0 N–H and O–H groups in total. The number of carbonyl (C=O) groups is 1. The van der Waals surface area contributed by atoms with Crippen molar-refractivity contribution < 1.29 is 9.53 Å². The van der Waals surface area contributed by atoms with Gasteiger partial charge in [0.25, 0.3) is 0 Å². The van der Waals surface area contributed by atoms with Crippen LogP contribution in [-0.4, -0.2) is 42.3 Å². The van der Waals surface area contributed by atoms with Gasteiger partial charge in [-0.2, -0.15) is 0 Å². The third-order valence-electron chi connectivity index (χ3n) is 5.59. The highest BCUT2D eigenvalue weighted by Crippen LogP contribution is 2.49. The summed E-state index contributed by atoms with van der Waals surface area (Å²) in [4.78, 5) is 17.1. The molecule has 1 aromatic carbocycles. The maximum atomic E-state index is 12.5. The number of carbonyl (C=O) groups excluding carboxylic acids is 1. The number of likely N-dealkylation sites (tertiary alicyclic amines) is 1. The molecule has 4 nitrogen and oxygen atoms in total. The average Bonchev–Trinajstić information content (AvgIpc) is 2.68. The number of nitrogens with zero attached hydrogens (tertiary/aromatic N) is 2. The zero-order valence-corrected chi connectivity index (χ0v) is 16.9. The third-order valence-corrected chi connectivity index (χ3v) is 6.05. The van der Waals surface area contributed by atoms with Gasteiger partial charge in [-0.25, -0.2) is 4.79 Å². The first-order valence-electron chi connectivity index (χ1n) is 9.40. The van der Waals surface area contributed by atoms with Crippen LogP contribution in [0, 0.1) is 0 Å². The van der Waals surface area contributed by atoms with E-state index in [1.165, 1.54) is 29.7 Å². The van der Waals surface area contributed by atoms with Crippen LogP contribution in [0.25, 0.3) is 0 Å². The topological polar surface area (TPSA) is 32.8 Å². The van der Waals surface area contributed by atoms with Gasteiger partial charge in [-0.1, -0.05) is 15.9 Å². The number of piperidine rings is 1. The van der Waals surface area contributed by atoms with Crippen LogP contribution in [0.5, 0.6) is 0 Å². The third kappa shape index (κ3) is 3.16. The molecule has 0 aliphatic carbocycles. The first kappa shape index (κ1) is 17.2. The van der Waals surface area contributed by atoms with Crippen molar-refractivity contribution in [2.75, 3.05) is 24.5 Å². The lowest BCUT2D eigenvalue weighted by molar-refractivity contribution is 0.0189. The Hall–Kier alpha value is -1.23. The minimum Gasteiger partial charge on any atom is -0.444 e. The summed E-state index contributed by atoms with van der Waals surface area (Å²) >= 11 is 3.70. The first-order valence-corrected chi connectivity index (χ1v) is 10.2. The van der Waals surface area contributed by atoms with Crippen molar-refractivity contribution >= 4 is 27.7 Å². The van der Waals surface area contributed by atoms with Crippen LogP contribution in [0.1, 0.15) is 57.1 Å². The molecule has 3 aliphatic rings. The van der Waals surface area contributed by atoms with Crippen molar-refractivity contribution in [3.63, 3.8) is 0 Å². The van der Waals surface area contributed by atoms with E-state index < -0.39 is 5.60 Å². The Morgan fingerprint density at radius 3 is 2.80 bits per heavy atom. The number of benzene rings is 1. The van der Waals surface area contributed by atoms with Gasteiger partial charge in [0.15, 0.2) is 0 Å². The molecule has 2 atom stereocenters. The number of rotatable bonds is 0. The number of anilines is 1. The summed E-state index contributed by atoms with van der Waals surface area (Å²) in [5.41, 5.74) is 3.91. The van der Waals surface area contributed by atoms with Crippen LogP contribution in [0.2, 0.25) is 0 Å². The van der Waals surface area contributed by atoms with Gasteiger partial charge in [-0.3, -0.25) is 0 Å². The summed E-state index contributed by atoms with van der Waals surface area (Å²) in [5, 5.41) is 0. The Balaban J connectivity index is 1.64. The van der Waals surface area contributed by atoms with Gasteiger partial charge in [-0.05, 0) is 69.7 Å². The predicted octanol–water partition coefficient (Wildman–Crippen LogP) is 4.70. The van der Waals surface area contributed by atoms with E-state index in [1.54, 1.807) is 0 Å². The van der Waals surface area contributed by atoms with E-state index in [0.29, 0.717) is 12.0 Å². The number of amides is 1. The molecule has 3 heterocycles. The molecule has 1 saturated heterocycles. The van der Waals surface area contributed by atoms with E-state index in [9.17, 15) is 4.79 Å². The summed E-state index contributed by atoms with van der Waals surface area (Å²) in [6, 6.07) is 5.10. The van der Waals surface area contributed by atoms with Crippen LogP contribution in [0.3, 0.4) is 0 Å². The van der Waals surface area contributed by atoms with Crippen molar-refractivity contribution in [2.45, 2.75) is 64.0 Å². The quantitative estimate of drug-likeness (QED) is 0.625. The number of hydrogen-bond donors (Lipinski definition) is 0.